The van der Waals surface area contributed by atoms with Crippen molar-refractivity contribution in [2.75, 3.05) is 18.8 Å². The average molecular weight is 488 g/mol. The standard InChI is InChI=1S/C26H25N5O3S/c1-15-9-7-8-12-19(15)26(28-25(33)34-18-10-5-4-6-11-18)13-31(14-26)24(32)22-21(27)20-16(2)17(3)29-30-23(20)35-22/h4-12H,13-14,27H2,1-3H3,(H,28,33). The molecular weight excluding hydrogens is 462 g/mol. The largest absolute Gasteiger partial charge is 0.413 e. The van der Waals surface area contributed by atoms with Crippen LogP contribution in [-0.2, 0) is 5.54 Å². The number of nitrogens with two attached hydrogens (primary N) is 1. The fourth-order valence-corrected chi connectivity index (χ4v) is 5.60. The molecule has 1 saturated heterocycles. The first-order chi connectivity index (χ1) is 16.8. The van der Waals surface area contributed by atoms with E-state index in [1.54, 1.807) is 29.2 Å². The molecule has 35 heavy (non-hydrogen) atoms. The fourth-order valence-electron chi connectivity index (χ4n) is 4.53. The normalized spacial score (nSPS) is 14.4. The van der Waals surface area contributed by atoms with Crippen molar-refractivity contribution >= 4 is 39.2 Å². The van der Waals surface area contributed by atoms with Gasteiger partial charge < -0.3 is 20.7 Å². The van der Waals surface area contributed by atoms with Crippen molar-refractivity contribution in [2.24, 2.45) is 0 Å². The van der Waals surface area contributed by atoms with Crippen LogP contribution in [0.25, 0.3) is 10.2 Å². The van der Waals surface area contributed by atoms with Gasteiger partial charge in [-0.15, -0.1) is 16.4 Å². The van der Waals surface area contributed by atoms with Crippen molar-refractivity contribution in [2.45, 2.75) is 26.3 Å². The second-order valence-corrected chi connectivity index (χ2v) is 9.82. The van der Waals surface area contributed by atoms with Gasteiger partial charge in [-0.05, 0) is 49.6 Å². The Hall–Kier alpha value is -3.98. The SMILES string of the molecule is Cc1ccccc1C1(NC(=O)Oc2ccccc2)CN(C(=O)c2sc3nnc(C)c(C)c3c2N)C1. The lowest BCUT2D eigenvalue weighted by Gasteiger charge is -2.50. The van der Waals surface area contributed by atoms with E-state index in [9.17, 15) is 9.59 Å². The Morgan fingerprint density at radius 3 is 2.43 bits per heavy atom. The molecule has 0 atom stereocenters. The minimum Gasteiger partial charge on any atom is -0.410 e. The summed E-state index contributed by atoms with van der Waals surface area (Å²) in [4.78, 5) is 29.0. The topological polar surface area (TPSA) is 110 Å². The lowest BCUT2D eigenvalue weighted by molar-refractivity contribution is 0.0290. The lowest BCUT2D eigenvalue weighted by Crippen LogP contribution is -2.69. The van der Waals surface area contributed by atoms with Crippen LogP contribution in [0.5, 0.6) is 5.75 Å². The number of nitrogens with one attached hydrogen (secondary N) is 1. The average Bonchev–Trinajstić information content (AvgIpc) is 3.16. The summed E-state index contributed by atoms with van der Waals surface area (Å²) in [5, 5.41) is 12.2. The molecule has 0 bridgehead atoms. The molecule has 1 fully saturated rings. The Bertz CT molecular complexity index is 1440. The Morgan fingerprint density at radius 1 is 1.03 bits per heavy atom. The second kappa shape index (κ2) is 8.66. The van der Waals surface area contributed by atoms with Crippen molar-refractivity contribution < 1.29 is 14.3 Å². The molecule has 5 rings (SSSR count). The van der Waals surface area contributed by atoms with Gasteiger partial charge in [0, 0.05) is 5.39 Å². The molecule has 8 nitrogen and oxygen atoms in total. The number of aryl methyl sites for hydroxylation is 3. The maximum atomic E-state index is 13.5. The molecule has 0 spiro atoms. The van der Waals surface area contributed by atoms with Gasteiger partial charge in [-0.2, -0.15) is 5.10 Å². The number of aromatic nitrogens is 2. The van der Waals surface area contributed by atoms with Crippen molar-refractivity contribution in [3.63, 3.8) is 0 Å². The van der Waals surface area contributed by atoms with Crippen molar-refractivity contribution in [1.29, 1.82) is 0 Å². The summed E-state index contributed by atoms with van der Waals surface area (Å²) >= 11 is 1.25. The predicted octanol–water partition coefficient (Wildman–Crippen LogP) is 4.34. The van der Waals surface area contributed by atoms with Crippen molar-refractivity contribution in [3.05, 3.63) is 81.9 Å². The number of ether oxygens (including phenoxy) is 1. The van der Waals surface area contributed by atoms with Crippen LogP contribution >= 0.6 is 11.3 Å². The van der Waals surface area contributed by atoms with Gasteiger partial charge in [0.05, 0.1) is 24.5 Å². The number of rotatable bonds is 4. The lowest BCUT2D eigenvalue weighted by atomic mass is 9.80. The highest BCUT2D eigenvalue weighted by atomic mass is 32.1. The number of para-hydroxylation sites is 1. The van der Waals surface area contributed by atoms with Crippen molar-refractivity contribution in [1.82, 2.24) is 20.4 Å². The summed E-state index contributed by atoms with van der Waals surface area (Å²) in [6.45, 7) is 6.36. The van der Waals surface area contributed by atoms with E-state index in [-0.39, 0.29) is 19.0 Å². The van der Waals surface area contributed by atoms with Gasteiger partial charge in [-0.3, -0.25) is 4.79 Å². The number of hydrogen-bond donors (Lipinski definition) is 2. The zero-order valence-corrected chi connectivity index (χ0v) is 20.5. The molecule has 3 N–H and O–H groups in total. The van der Waals surface area contributed by atoms with E-state index in [0.29, 0.717) is 21.1 Å². The van der Waals surface area contributed by atoms with Crippen LogP contribution in [0.2, 0.25) is 0 Å². The third kappa shape index (κ3) is 3.97. The van der Waals surface area contributed by atoms with Gasteiger partial charge in [-0.1, -0.05) is 42.5 Å². The van der Waals surface area contributed by atoms with Crippen LogP contribution < -0.4 is 15.8 Å². The molecule has 4 aromatic rings. The number of nitrogen functional groups attached to an aromatic ring is 1. The van der Waals surface area contributed by atoms with E-state index in [1.807, 2.05) is 51.1 Å². The molecule has 0 unspecified atom stereocenters. The first-order valence-corrected chi connectivity index (χ1v) is 12.0. The fraction of sp³-hybridized carbons (Fsp3) is 0.231. The third-order valence-electron chi connectivity index (χ3n) is 6.49. The molecular formula is C26H25N5O3S. The number of likely N-dealkylation sites (tertiary alicyclic amines) is 1. The maximum Gasteiger partial charge on any atom is 0.413 e. The van der Waals surface area contributed by atoms with Crippen LogP contribution in [0.3, 0.4) is 0 Å². The highest BCUT2D eigenvalue weighted by molar-refractivity contribution is 7.21. The summed E-state index contributed by atoms with van der Waals surface area (Å²) in [6.07, 6.45) is -0.575. The predicted molar refractivity (Wildman–Crippen MR) is 136 cm³/mol. The monoisotopic (exact) mass is 487 g/mol. The number of benzene rings is 2. The number of thiophene rings is 1. The Morgan fingerprint density at radius 2 is 1.71 bits per heavy atom. The van der Waals surface area contributed by atoms with Gasteiger partial charge in [0.25, 0.3) is 5.91 Å². The molecule has 1 aliphatic heterocycles. The summed E-state index contributed by atoms with van der Waals surface area (Å²) in [5.41, 5.74) is 9.71. The molecule has 0 saturated carbocycles. The molecule has 1 aliphatic rings. The minimum atomic E-state index is -0.773. The summed E-state index contributed by atoms with van der Waals surface area (Å²) in [6, 6.07) is 16.7. The Balaban J connectivity index is 1.42. The summed E-state index contributed by atoms with van der Waals surface area (Å²) < 4.78 is 5.48. The highest BCUT2D eigenvalue weighted by Crippen LogP contribution is 2.40. The molecule has 0 aliphatic carbocycles. The quantitative estimate of drug-likeness (QED) is 0.443. The van der Waals surface area contributed by atoms with Gasteiger partial charge in [0.2, 0.25) is 0 Å². The van der Waals surface area contributed by atoms with E-state index in [4.69, 9.17) is 10.5 Å². The van der Waals surface area contributed by atoms with E-state index < -0.39 is 11.6 Å². The molecule has 2 amide bonds. The molecule has 0 radical (unpaired) electrons. The molecule has 2 aromatic carbocycles. The number of nitrogens with zero attached hydrogens (tertiary/aromatic N) is 3. The second-order valence-electron chi connectivity index (χ2n) is 8.82. The number of anilines is 1. The molecule has 9 heteroatoms. The number of amides is 2. The van der Waals surface area contributed by atoms with Gasteiger partial charge >= 0.3 is 6.09 Å². The van der Waals surface area contributed by atoms with Gasteiger partial charge in [0.1, 0.15) is 21.0 Å². The van der Waals surface area contributed by atoms with E-state index in [0.717, 1.165) is 27.8 Å². The van der Waals surface area contributed by atoms with Crippen LogP contribution in [0.1, 0.15) is 32.1 Å². The molecule has 2 aromatic heterocycles. The minimum absolute atomic E-state index is 0.190. The van der Waals surface area contributed by atoms with E-state index in [1.165, 1.54) is 11.3 Å². The molecule has 178 valence electrons. The van der Waals surface area contributed by atoms with Gasteiger partial charge in [0.15, 0.2) is 0 Å². The zero-order valence-electron chi connectivity index (χ0n) is 19.7. The number of carbonyl (C=O) groups excluding carboxylic acids is 2. The van der Waals surface area contributed by atoms with Crippen LogP contribution in [0.4, 0.5) is 10.5 Å². The van der Waals surface area contributed by atoms with Crippen LogP contribution in [0.15, 0.2) is 54.6 Å². The zero-order chi connectivity index (χ0) is 24.7. The van der Waals surface area contributed by atoms with Crippen LogP contribution in [0, 0.1) is 20.8 Å². The summed E-state index contributed by atoms with van der Waals surface area (Å²) in [7, 11) is 0. The first kappa shape index (κ1) is 22.8. The smallest absolute Gasteiger partial charge is 0.410 e. The van der Waals surface area contributed by atoms with Crippen LogP contribution in [-0.4, -0.2) is 40.2 Å². The highest BCUT2D eigenvalue weighted by Gasteiger charge is 2.49. The van der Waals surface area contributed by atoms with E-state index in [2.05, 4.69) is 15.5 Å². The first-order valence-electron chi connectivity index (χ1n) is 11.2. The number of hydrogen-bond acceptors (Lipinski definition) is 7. The van der Waals surface area contributed by atoms with E-state index >= 15 is 0 Å². The van der Waals surface area contributed by atoms with Crippen molar-refractivity contribution in [3.8, 4) is 5.75 Å². The Labute approximate surface area is 206 Å². The third-order valence-corrected chi connectivity index (χ3v) is 7.57. The number of carbonyl (C=O) groups is 2. The summed E-state index contributed by atoms with van der Waals surface area (Å²) in [5.74, 6) is 0.256. The number of fused-ring (bicyclic) bond motifs is 1. The van der Waals surface area contributed by atoms with Gasteiger partial charge in [-0.25, -0.2) is 4.79 Å². The maximum absolute atomic E-state index is 13.5. The Kier molecular flexibility index (Phi) is 5.64. The molecule has 3 heterocycles.